The number of rotatable bonds is 5. The zero-order valence-electron chi connectivity index (χ0n) is 10.2. The summed E-state index contributed by atoms with van der Waals surface area (Å²) < 4.78 is 0. The molecule has 1 unspecified atom stereocenters. The molecule has 0 aromatic heterocycles. The van der Waals surface area contributed by atoms with Gasteiger partial charge in [-0.1, -0.05) is 6.92 Å². The second-order valence-corrected chi connectivity index (χ2v) is 4.48. The Morgan fingerprint density at radius 3 is 2.40 bits per heavy atom. The van der Waals surface area contributed by atoms with Gasteiger partial charge in [-0.25, -0.2) is 0 Å². The molecule has 0 aliphatic carbocycles. The number of carbonyl (C=O) groups excluding carboxylic acids is 1. The molecule has 1 rings (SSSR count). The van der Waals surface area contributed by atoms with Crippen LogP contribution < -0.4 is 10.6 Å². The predicted octanol–water partition coefficient (Wildman–Crippen LogP) is 0.193. The second kappa shape index (κ2) is 5.47. The van der Waals surface area contributed by atoms with Crippen molar-refractivity contribution in [1.82, 2.24) is 15.5 Å². The van der Waals surface area contributed by atoms with Crippen LogP contribution in [-0.2, 0) is 4.79 Å². The summed E-state index contributed by atoms with van der Waals surface area (Å²) in [6.45, 7) is 11.0. The van der Waals surface area contributed by atoms with E-state index in [1.165, 1.54) is 0 Å². The zero-order chi connectivity index (χ0) is 11.4. The van der Waals surface area contributed by atoms with E-state index in [1.54, 1.807) is 0 Å². The summed E-state index contributed by atoms with van der Waals surface area (Å²) in [5, 5.41) is 6.20. The Morgan fingerprint density at radius 1 is 1.47 bits per heavy atom. The summed E-state index contributed by atoms with van der Waals surface area (Å²) in [5.41, 5.74) is 0. The minimum atomic E-state index is -0.0236. The summed E-state index contributed by atoms with van der Waals surface area (Å²) in [5.74, 6) is 0.138. The van der Waals surface area contributed by atoms with Crippen LogP contribution in [-0.4, -0.2) is 48.6 Å². The van der Waals surface area contributed by atoms with Crippen molar-refractivity contribution in [1.29, 1.82) is 0 Å². The average molecular weight is 213 g/mol. The maximum absolute atomic E-state index is 11.8. The molecule has 0 saturated carbocycles. The van der Waals surface area contributed by atoms with Crippen molar-refractivity contribution in [2.75, 3.05) is 19.6 Å². The second-order valence-electron chi connectivity index (χ2n) is 4.48. The van der Waals surface area contributed by atoms with Gasteiger partial charge in [0.2, 0.25) is 5.91 Å². The number of amides is 1. The Hall–Kier alpha value is -0.610. The number of hydrogen-bond donors (Lipinski definition) is 2. The predicted molar refractivity (Wildman–Crippen MR) is 61.8 cm³/mol. The Labute approximate surface area is 92.4 Å². The largest absolute Gasteiger partial charge is 0.353 e. The highest BCUT2D eigenvalue weighted by Crippen LogP contribution is 2.09. The van der Waals surface area contributed by atoms with Crippen LogP contribution in [0.4, 0.5) is 0 Å². The van der Waals surface area contributed by atoms with Gasteiger partial charge in [0.1, 0.15) is 0 Å². The number of carbonyl (C=O) groups is 1. The third kappa shape index (κ3) is 3.18. The van der Waals surface area contributed by atoms with Gasteiger partial charge in [0.25, 0.3) is 0 Å². The van der Waals surface area contributed by atoms with Gasteiger partial charge in [-0.2, -0.15) is 0 Å². The average Bonchev–Trinajstić information content (AvgIpc) is 2.08. The quantitative estimate of drug-likeness (QED) is 0.685. The van der Waals surface area contributed by atoms with E-state index in [4.69, 9.17) is 0 Å². The molecule has 2 N–H and O–H groups in total. The van der Waals surface area contributed by atoms with Crippen LogP contribution in [0.25, 0.3) is 0 Å². The van der Waals surface area contributed by atoms with Gasteiger partial charge < -0.3 is 10.6 Å². The lowest BCUT2D eigenvalue weighted by atomic mass is 10.1. The number of likely N-dealkylation sites (N-methyl/N-ethyl adjacent to an activating group) is 1. The molecular weight excluding hydrogens is 190 g/mol. The third-order valence-electron chi connectivity index (χ3n) is 2.90. The molecule has 0 radical (unpaired) electrons. The lowest BCUT2D eigenvalue weighted by molar-refractivity contribution is -0.127. The first-order chi connectivity index (χ1) is 7.06. The Bertz CT molecular complexity index is 214. The molecule has 0 aromatic carbocycles. The van der Waals surface area contributed by atoms with Crippen molar-refractivity contribution < 1.29 is 4.79 Å². The monoisotopic (exact) mass is 213 g/mol. The van der Waals surface area contributed by atoms with Crippen LogP contribution in [0.3, 0.4) is 0 Å². The fourth-order valence-electron chi connectivity index (χ4n) is 1.91. The van der Waals surface area contributed by atoms with E-state index in [0.29, 0.717) is 6.04 Å². The Balaban J connectivity index is 2.47. The molecule has 1 amide bonds. The molecule has 1 heterocycles. The Morgan fingerprint density at radius 2 is 2.07 bits per heavy atom. The molecule has 0 aromatic rings. The van der Waals surface area contributed by atoms with Gasteiger partial charge in [0.05, 0.1) is 6.04 Å². The van der Waals surface area contributed by atoms with E-state index in [9.17, 15) is 4.79 Å². The van der Waals surface area contributed by atoms with Crippen LogP contribution in [0, 0.1) is 0 Å². The number of nitrogens with one attached hydrogen (secondary N) is 2. The van der Waals surface area contributed by atoms with Gasteiger partial charge in [0.15, 0.2) is 0 Å². The van der Waals surface area contributed by atoms with Crippen molar-refractivity contribution in [3.8, 4) is 0 Å². The van der Waals surface area contributed by atoms with Crippen LogP contribution in [0.2, 0.25) is 0 Å². The molecule has 15 heavy (non-hydrogen) atoms. The van der Waals surface area contributed by atoms with Gasteiger partial charge in [0, 0.05) is 25.2 Å². The van der Waals surface area contributed by atoms with Crippen molar-refractivity contribution in [3.63, 3.8) is 0 Å². The highest BCUT2D eigenvalue weighted by atomic mass is 16.2. The first-order valence-corrected chi connectivity index (χ1v) is 5.83. The molecule has 88 valence electrons. The minimum Gasteiger partial charge on any atom is -0.353 e. The maximum atomic E-state index is 11.8. The van der Waals surface area contributed by atoms with E-state index >= 15 is 0 Å². The molecule has 0 spiro atoms. The SMILES string of the molecule is CCN(C1CNC1)C(C)C(=O)NC(C)C. The van der Waals surface area contributed by atoms with Gasteiger partial charge >= 0.3 is 0 Å². The van der Waals surface area contributed by atoms with Crippen LogP contribution in [0.15, 0.2) is 0 Å². The summed E-state index contributed by atoms with van der Waals surface area (Å²) in [4.78, 5) is 14.1. The van der Waals surface area contributed by atoms with E-state index in [0.717, 1.165) is 19.6 Å². The fraction of sp³-hybridized carbons (Fsp3) is 0.909. The van der Waals surface area contributed by atoms with Crippen LogP contribution in [0.1, 0.15) is 27.7 Å². The number of nitrogens with zero attached hydrogens (tertiary/aromatic N) is 1. The minimum absolute atomic E-state index is 0.0236. The third-order valence-corrected chi connectivity index (χ3v) is 2.90. The number of hydrogen-bond acceptors (Lipinski definition) is 3. The molecule has 1 saturated heterocycles. The lowest BCUT2D eigenvalue weighted by Gasteiger charge is -2.40. The summed E-state index contributed by atoms with van der Waals surface area (Å²) in [7, 11) is 0. The highest BCUT2D eigenvalue weighted by Gasteiger charge is 2.30. The molecule has 4 heteroatoms. The van der Waals surface area contributed by atoms with Crippen molar-refractivity contribution >= 4 is 5.91 Å². The summed E-state index contributed by atoms with van der Waals surface area (Å²) in [6.07, 6.45) is 0. The molecule has 1 aliphatic heterocycles. The van der Waals surface area contributed by atoms with Crippen LogP contribution >= 0.6 is 0 Å². The van der Waals surface area contributed by atoms with Crippen LogP contribution in [0.5, 0.6) is 0 Å². The van der Waals surface area contributed by atoms with E-state index in [2.05, 4.69) is 22.5 Å². The smallest absolute Gasteiger partial charge is 0.237 e. The summed E-state index contributed by atoms with van der Waals surface area (Å²) in [6, 6.07) is 0.727. The first kappa shape index (κ1) is 12.5. The normalized spacial score (nSPS) is 19.1. The molecule has 1 aliphatic rings. The molecule has 4 nitrogen and oxygen atoms in total. The van der Waals surface area contributed by atoms with Crippen molar-refractivity contribution in [3.05, 3.63) is 0 Å². The maximum Gasteiger partial charge on any atom is 0.237 e. The topological polar surface area (TPSA) is 44.4 Å². The Kier molecular flexibility index (Phi) is 4.54. The van der Waals surface area contributed by atoms with E-state index in [-0.39, 0.29) is 18.0 Å². The van der Waals surface area contributed by atoms with E-state index < -0.39 is 0 Å². The molecule has 1 atom stereocenters. The summed E-state index contributed by atoms with van der Waals surface area (Å²) >= 11 is 0. The lowest BCUT2D eigenvalue weighted by Crippen LogP contribution is -2.62. The van der Waals surface area contributed by atoms with Crippen molar-refractivity contribution in [2.45, 2.75) is 45.8 Å². The van der Waals surface area contributed by atoms with Crippen molar-refractivity contribution in [2.24, 2.45) is 0 Å². The molecule has 0 bridgehead atoms. The van der Waals surface area contributed by atoms with Gasteiger partial charge in [-0.3, -0.25) is 9.69 Å². The standard InChI is InChI=1S/C11H23N3O/c1-5-14(10-6-12-7-10)9(4)11(15)13-8(2)3/h8-10,12H,5-7H2,1-4H3,(H,13,15). The zero-order valence-corrected chi connectivity index (χ0v) is 10.2. The molecule has 1 fully saturated rings. The first-order valence-electron chi connectivity index (χ1n) is 5.83. The van der Waals surface area contributed by atoms with E-state index in [1.807, 2.05) is 20.8 Å². The fourth-order valence-corrected chi connectivity index (χ4v) is 1.91. The molecular formula is C11H23N3O. The highest BCUT2D eigenvalue weighted by molar-refractivity contribution is 5.81. The van der Waals surface area contributed by atoms with Gasteiger partial charge in [-0.05, 0) is 27.3 Å². The van der Waals surface area contributed by atoms with Gasteiger partial charge in [-0.15, -0.1) is 0 Å².